The number of hydrogen-bond acceptors (Lipinski definition) is 5. The SMILES string of the molecule is Cn1cc(-c2ccc(COc3cc(C(=O)O)on3)cc2)cn1. The van der Waals surface area contributed by atoms with Gasteiger partial charge in [0.15, 0.2) is 0 Å². The van der Waals surface area contributed by atoms with Crippen molar-refractivity contribution in [1.82, 2.24) is 14.9 Å². The van der Waals surface area contributed by atoms with Gasteiger partial charge in [-0.1, -0.05) is 24.3 Å². The molecule has 0 aliphatic rings. The molecule has 2 aromatic heterocycles. The van der Waals surface area contributed by atoms with Crippen molar-refractivity contribution < 1.29 is 19.2 Å². The van der Waals surface area contributed by atoms with Crippen LogP contribution in [0.5, 0.6) is 5.88 Å². The van der Waals surface area contributed by atoms with E-state index in [1.165, 1.54) is 6.07 Å². The van der Waals surface area contributed by atoms with Crippen molar-refractivity contribution in [3.05, 3.63) is 54.0 Å². The summed E-state index contributed by atoms with van der Waals surface area (Å²) in [6, 6.07) is 9.05. The van der Waals surface area contributed by atoms with Crippen LogP contribution in [0.2, 0.25) is 0 Å². The lowest BCUT2D eigenvalue weighted by Gasteiger charge is -2.03. The van der Waals surface area contributed by atoms with Crippen molar-refractivity contribution in [1.29, 1.82) is 0 Å². The molecule has 1 N–H and O–H groups in total. The quantitative estimate of drug-likeness (QED) is 0.777. The first-order valence-electron chi connectivity index (χ1n) is 6.52. The summed E-state index contributed by atoms with van der Waals surface area (Å²) in [4.78, 5) is 10.7. The molecule has 3 aromatic rings. The average Bonchev–Trinajstić information content (AvgIpc) is 3.15. The number of hydrogen-bond donors (Lipinski definition) is 1. The van der Waals surface area contributed by atoms with Crippen molar-refractivity contribution in [3.63, 3.8) is 0 Å². The third-order valence-corrected chi connectivity index (χ3v) is 3.08. The van der Waals surface area contributed by atoms with Gasteiger partial charge in [0.05, 0.1) is 12.3 Å². The topological polar surface area (TPSA) is 90.4 Å². The second kappa shape index (κ2) is 5.72. The first-order valence-corrected chi connectivity index (χ1v) is 6.52. The van der Waals surface area contributed by atoms with Crippen molar-refractivity contribution >= 4 is 5.97 Å². The molecule has 0 saturated heterocycles. The molecule has 7 heteroatoms. The summed E-state index contributed by atoms with van der Waals surface area (Å²) in [6.45, 7) is 0.277. The fourth-order valence-corrected chi connectivity index (χ4v) is 1.95. The van der Waals surface area contributed by atoms with E-state index in [9.17, 15) is 4.79 Å². The molecule has 0 saturated carbocycles. The van der Waals surface area contributed by atoms with Gasteiger partial charge in [0.1, 0.15) is 6.61 Å². The first kappa shape index (κ1) is 13.9. The number of ether oxygens (including phenoxy) is 1. The zero-order valence-corrected chi connectivity index (χ0v) is 11.8. The maximum atomic E-state index is 10.7. The lowest BCUT2D eigenvalue weighted by molar-refractivity contribution is 0.0651. The third kappa shape index (κ3) is 2.98. The molecule has 0 bridgehead atoms. The summed E-state index contributed by atoms with van der Waals surface area (Å²) in [5, 5.41) is 16.4. The van der Waals surface area contributed by atoms with Gasteiger partial charge in [-0.3, -0.25) is 4.68 Å². The van der Waals surface area contributed by atoms with Gasteiger partial charge < -0.3 is 14.4 Å². The highest BCUT2D eigenvalue weighted by Gasteiger charge is 2.11. The Bertz CT molecular complexity index is 789. The Balaban J connectivity index is 1.64. The number of rotatable bonds is 5. The van der Waals surface area contributed by atoms with Gasteiger partial charge >= 0.3 is 5.97 Å². The summed E-state index contributed by atoms with van der Waals surface area (Å²) in [6.07, 6.45) is 3.74. The summed E-state index contributed by atoms with van der Waals surface area (Å²) < 4.78 is 11.7. The lowest BCUT2D eigenvalue weighted by Crippen LogP contribution is -1.95. The molecule has 0 aliphatic carbocycles. The van der Waals surface area contributed by atoms with Crippen LogP contribution in [0.15, 0.2) is 47.2 Å². The second-order valence-electron chi connectivity index (χ2n) is 4.72. The van der Waals surface area contributed by atoms with Gasteiger partial charge in [-0.05, 0) is 16.3 Å². The highest BCUT2D eigenvalue weighted by molar-refractivity contribution is 5.84. The highest BCUT2D eigenvalue weighted by Crippen LogP contribution is 2.19. The zero-order valence-electron chi connectivity index (χ0n) is 11.8. The summed E-state index contributed by atoms with van der Waals surface area (Å²) in [5.41, 5.74) is 3.04. The number of carboxylic acids is 1. The van der Waals surface area contributed by atoms with E-state index in [-0.39, 0.29) is 18.2 Å². The Hall–Kier alpha value is -3.09. The molecular formula is C15H13N3O4. The standard InChI is InChI=1S/C15H13N3O4/c1-18-8-12(7-16-18)11-4-2-10(3-5-11)9-21-14-6-13(15(19)20)22-17-14/h2-8H,9H2,1H3,(H,19,20). The molecule has 7 nitrogen and oxygen atoms in total. The summed E-state index contributed by atoms with van der Waals surface area (Å²) >= 11 is 0. The average molecular weight is 299 g/mol. The normalized spacial score (nSPS) is 10.6. The van der Waals surface area contributed by atoms with Gasteiger partial charge in [0.2, 0.25) is 5.76 Å². The maximum Gasteiger partial charge on any atom is 0.374 e. The van der Waals surface area contributed by atoms with E-state index in [1.807, 2.05) is 37.5 Å². The van der Waals surface area contributed by atoms with Crippen molar-refractivity contribution in [2.45, 2.75) is 6.61 Å². The molecule has 0 fully saturated rings. The number of benzene rings is 1. The molecule has 22 heavy (non-hydrogen) atoms. The van der Waals surface area contributed by atoms with Crippen molar-refractivity contribution in [2.75, 3.05) is 0 Å². The number of aromatic nitrogens is 3. The highest BCUT2D eigenvalue weighted by atomic mass is 16.5. The third-order valence-electron chi connectivity index (χ3n) is 3.08. The van der Waals surface area contributed by atoms with Crippen LogP contribution in [-0.2, 0) is 13.7 Å². The summed E-state index contributed by atoms with van der Waals surface area (Å²) in [5.74, 6) is -1.28. The molecule has 0 atom stereocenters. The molecule has 0 amide bonds. The van der Waals surface area contributed by atoms with Crippen molar-refractivity contribution in [2.24, 2.45) is 7.05 Å². The number of aromatic carboxylic acids is 1. The molecule has 112 valence electrons. The predicted molar refractivity (Wildman–Crippen MR) is 76.4 cm³/mol. The Morgan fingerprint density at radius 2 is 2.09 bits per heavy atom. The number of carboxylic acid groups (broad SMARTS) is 1. The van der Waals surface area contributed by atoms with E-state index in [0.717, 1.165) is 16.7 Å². The fraction of sp³-hybridized carbons (Fsp3) is 0.133. The van der Waals surface area contributed by atoms with Gasteiger partial charge in [0.25, 0.3) is 5.88 Å². The molecule has 0 spiro atoms. The Morgan fingerprint density at radius 3 is 2.68 bits per heavy atom. The molecule has 0 unspecified atom stereocenters. The predicted octanol–water partition coefficient (Wildman–Crippen LogP) is 2.35. The first-order chi connectivity index (χ1) is 10.6. The van der Waals surface area contributed by atoms with Crippen LogP contribution in [0.4, 0.5) is 0 Å². The van der Waals surface area contributed by atoms with Gasteiger partial charge in [-0.2, -0.15) is 5.10 Å². The van der Waals surface area contributed by atoms with E-state index in [2.05, 4.69) is 14.8 Å². The smallest absolute Gasteiger partial charge is 0.374 e. The number of carbonyl (C=O) groups is 1. The van der Waals surface area contributed by atoms with E-state index in [0.29, 0.717) is 0 Å². The van der Waals surface area contributed by atoms with Crippen LogP contribution in [0.25, 0.3) is 11.1 Å². The molecule has 0 aliphatic heterocycles. The van der Waals surface area contributed by atoms with E-state index in [4.69, 9.17) is 9.84 Å². The van der Waals surface area contributed by atoms with E-state index < -0.39 is 5.97 Å². The van der Waals surface area contributed by atoms with Crippen LogP contribution >= 0.6 is 0 Å². The van der Waals surface area contributed by atoms with Crippen LogP contribution in [0.1, 0.15) is 16.1 Å². The van der Waals surface area contributed by atoms with Crippen LogP contribution in [0, 0.1) is 0 Å². The minimum atomic E-state index is -1.18. The number of nitrogens with zero attached hydrogens (tertiary/aromatic N) is 3. The molecule has 0 radical (unpaired) electrons. The van der Waals surface area contributed by atoms with E-state index in [1.54, 1.807) is 10.9 Å². The molecule has 3 rings (SSSR count). The Labute approximate surface area is 125 Å². The minimum absolute atomic E-state index is 0.147. The van der Waals surface area contributed by atoms with Crippen LogP contribution < -0.4 is 4.74 Å². The van der Waals surface area contributed by atoms with E-state index >= 15 is 0 Å². The fourth-order valence-electron chi connectivity index (χ4n) is 1.95. The van der Waals surface area contributed by atoms with Crippen LogP contribution in [0.3, 0.4) is 0 Å². The molecule has 1 aromatic carbocycles. The maximum absolute atomic E-state index is 10.7. The van der Waals surface area contributed by atoms with Crippen LogP contribution in [-0.4, -0.2) is 26.0 Å². The van der Waals surface area contributed by atoms with Gasteiger partial charge in [-0.25, -0.2) is 4.79 Å². The molecular weight excluding hydrogens is 286 g/mol. The van der Waals surface area contributed by atoms with Gasteiger partial charge in [0, 0.05) is 18.8 Å². The lowest BCUT2D eigenvalue weighted by atomic mass is 10.1. The second-order valence-corrected chi connectivity index (χ2v) is 4.72. The Morgan fingerprint density at radius 1 is 1.32 bits per heavy atom. The van der Waals surface area contributed by atoms with Gasteiger partial charge in [-0.15, -0.1) is 0 Å². The minimum Gasteiger partial charge on any atom is -0.475 e. The van der Waals surface area contributed by atoms with Crippen molar-refractivity contribution in [3.8, 4) is 17.0 Å². The zero-order chi connectivity index (χ0) is 15.5. The summed E-state index contributed by atoms with van der Waals surface area (Å²) in [7, 11) is 1.87. The largest absolute Gasteiger partial charge is 0.475 e. The molecule has 2 heterocycles. The Kier molecular flexibility index (Phi) is 3.61. The number of aryl methyl sites for hydroxylation is 1. The monoisotopic (exact) mass is 299 g/mol.